The van der Waals surface area contributed by atoms with E-state index in [4.69, 9.17) is 19.9 Å². The molecule has 3 heterocycles. The number of fused-ring (bicyclic) bond motifs is 2. The molecule has 49 heavy (non-hydrogen) atoms. The Morgan fingerprint density at radius 1 is 1.06 bits per heavy atom. The summed E-state index contributed by atoms with van der Waals surface area (Å²) < 4.78 is 16.5. The summed E-state index contributed by atoms with van der Waals surface area (Å²) in [7, 11) is 0. The number of carbonyl (C=O) groups excluding carboxylic acids is 4. The van der Waals surface area contributed by atoms with Crippen LogP contribution in [0.2, 0.25) is 0 Å². The van der Waals surface area contributed by atoms with E-state index in [1.807, 2.05) is 49.5 Å². The highest BCUT2D eigenvalue weighted by Crippen LogP contribution is 2.33. The molecular weight excluding hydrogens is 626 g/mol. The molecule has 2 unspecified atom stereocenters. The first-order chi connectivity index (χ1) is 23.4. The van der Waals surface area contributed by atoms with Crippen molar-refractivity contribution in [2.45, 2.75) is 89.8 Å². The van der Waals surface area contributed by atoms with Crippen LogP contribution in [0, 0.1) is 5.92 Å². The van der Waals surface area contributed by atoms with E-state index in [-0.39, 0.29) is 31.6 Å². The zero-order chi connectivity index (χ0) is 35.1. The number of piperidine rings is 1. The van der Waals surface area contributed by atoms with Crippen molar-refractivity contribution in [3.63, 3.8) is 0 Å². The van der Waals surface area contributed by atoms with E-state index in [9.17, 15) is 19.2 Å². The Morgan fingerprint density at radius 2 is 1.84 bits per heavy atom. The zero-order valence-electron chi connectivity index (χ0n) is 28.9. The molecule has 264 valence electrons. The predicted molar refractivity (Wildman–Crippen MR) is 185 cm³/mol. The minimum atomic E-state index is -1.01. The van der Waals surface area contributed by atoms with Crippen LogP contribution in [-0.4, -0.2) is 77.7 Å². The lowest BCUT2D eigenvalue weighted by atomic mass is 9.90. The highest BCUT2D eigenvalue weighted by Gasteiger charge is 2.36. The number of hydrogen-bond donors (Lipinski definition) is 4. The number of nitrogens with one attached hydrogen (secondary N) is 3. The number of amides is 3. The van der Waals surface area contributed by atoms with Crippen LogP contribution < -0.4 is 25.8 Å². The molecule has 2 aliphatic heterocycles. The minimum absolute atomic E-state index is 0.0875. The summed E-state index contributed by atoms with van der Waals surface area (Å²) in [4.78, 5) is 59.7. The van der Waals surface area contributed by atoms with E-state index < -0.39 is 41.4 Å². The van der Waals surface area contributed by atoms with E-state index in [0.717, 1.165) is 22.0 Å². The van der Waals surface area contributed by atoms with Crippen molar-refractivity contribution in [1.29, 1.82) is 0 Å². The van der Waals surface area contributed by atoms with Gasteiger partial charge in [-0.05, 0) is 88.7 Å². The monoisotopic (exact) mass is 675 g/mol. The van der Waals surface area contributed by atoms with Gasteiger partial charge in [-0.15, -0.1) is 0 Å². The number of aromatic nitrogens is 1. The Morgan fingerprint density at radius 3 is 2.61 bits per heavy atom. The van der Waals surface area contributed by atoms with Crippen LogP contribution >= 0.6 is 0 Å². The number of unbranched alkanes of at least 4 members (excludes halogenated alkanes) is 1. The molecule has 0 spiro atoms. The van der Waals surface area contributed by atoms with Gasteiger partial charge < -0.3 is 40.5 Å². The predicted octanol–water partition coefficient (Wildman–Crippen LogP) is 3.92. The van der Waals surface area contributed by atoms with Crippen molar-refractivity contribution < 1.29 is 33.4 Å². The Kier molecular flexibility index (Phi) is 11.5. The molecule has 0 bridgehead atoms. The third-order valence-corrected chi connectivity index (χ3v) is 9.08. The fourth-order valence-electron chi connectivity index (χ4n) is 6.47. The fourth-order valence-corrected chi connectivity index (χ4v) is 6.47. The Hall–Kier alpha value is -4.58. The zero-order valence-corrected chi connectivity index (χ0v) is 28.9. The summed E-state index contributed by atoms with van der Waals surface area (Å²) in [5.74, 6) is -1.13. The number of carbonyl (C=O) groups is 4. The van der Waals surface area contributed by atoms with Gasteiger partial charge in [-0.2, -0.15) is 0 Å². The maximum atomic E-state index is 14.2. The van der Waals surface area contributed by atoms with Gasteiger partial charge in [-0.1, -0.05) is 31.2 Å². The second kappa shape index (κ2) is 15.8. The van der Waals surface area contributed by atoms with E-state index in [1.165, 1.54) is 0 Å². The molecule has 2 aliphatic rings. The van der Waals surface area contributed by atoms with Crippen molar-refractivity contribution in [2.24, 2.45) is 11.7 Å². The number of nitrogens with two attached hydrogens (primary N) is 1. The summed E-state index contributed by atoms with van der Waals surface area (Å²) in [6.45, 7) is 8.62. The number of likely N-dealkylation sites (tertiary alicyclic amines) is 1. The molecule has 2 aromatic carbocycles. The maximum absolute atomic E-state index is 14.2. The van der Waals surface area contributed by atoms with Gasteiger partial charge in [0.1, 0.15) is 17.7 Å². The van der Waals surface area contributed by atoms with Crippen LogP contribution in [0.1, 0.15) is 76.8 Å². The molecule has 1 saturated heterocycles. The van der Waals surface area contributed by atoms with Crippen LogP contribution in [0.25, 0.3) is 10.9 Å². The average molecular weight is 676 g/mol. The van der Waals surface area contributed by atoms with Gasteiger partial charge in [-0.3, -0.25) is 14.4 Å². The summed E-state index contributed by atoms with van der Waals surface area (Å²) >= 11 is 0. The molecule has 0 aliphatic carbocycles. The summed E-state index contributed by atoms with van der Waals surface area (Å²) in [5.41, 5.74) is 7.53. The van der Waals surface area contributed by atoms with Gasteiger partial charge in [0.25, 0.3) is 0 Å². The lowest BCUT2D eigenvalue weighted by Gasteiger charge is -2.34. The number of H-pyrrole nitrogens is 1. The minimum Gasteiger partial charge on any atom is -0.458 e. The van der Waals surface area contributed by atoms with Gasteiger partial charge in [0, 0.05) is 36.1 Å². The number of benzene rings is 2. The van der Waals surface area contributed by atoms with Gasteiger partial charge in [0.05, 0.1) is 12.3 Å². The van der Waals surface area contributed by atoms with Crippen molar-refractivity contribution in [2.75, 3.05) is 26.4 Å². The Balaban J connectivity index is 1.33. The second-order valence-electron chi connectivity index (χ2n) is 14.0. The molecule has 1 aromatic heterocycles. The number of ether oxygens (including phenoxy) is 3. The third kappa shape index (κ3) is 9.11. The van der Waals surface area contributed by atoms with Gasteiger partial charge in [0.15, 0.2) is 11.5 Å². The van der Waals surface area contributed by atoms with Crippen LogP contribution in [0.5, 0.6) is 11.5 Å². The highest BCUT2D eigenvalue weighted by atomic mass is 16.7. The largest absolute Gasteiger partial charge is 0.458 e. The number of esters is 1. The SMILES string of the molecule is C[C@@H](c1c[nH]c2ccccc12)C(NC(=O)C1CCCN(C(=O)Cc2ccc3c(c2)OCO3)C1)C(=O)N[C@@H](CCCCN)C(=O)OC(C)(C)C. The first-order valence-corrected chi connectivity index (χ1v) is 17.2. The molecule has 0 saturated carbocycles. The Bertz CT molecular complexity index is 1650. The van der Waals surface area contributed by atoms with E-state index >= 15 is 0 Å². The highest BCUT2D eigenvalue weighted by molar-refractivity contribution is 5.93. The van der Waals surface area contributed by atoms with E-state index in [2.05, 4.69) is 15.6 Å². The van der Waals surface area contributed by atoms with Gasteiger partial charge in [-0.25, -0.2) is 4.79 Å². The second-order valence-corrected chi connectivity index (χ2v) is 14.0. The summed E-state index contributed by atoms with van der Waals surface area (Å²) in [6, 6.07) is 11.3. The molecule has 0 radical (unpaired) electrons. The Labute approximate surface area is 287 Å². The van der Waals surface area contributed by atoms with Crippen molar-refractivity contribution in [3.05, 3.63) is 59.8 Å². The molecular formula is C37H49N5O7. The third-order valence-electron chi connectivity index (χ3n) is 9.08. The van der Waals surface area contributed by atoms with Gasteiger partial charge >= 0.3 is 5.97 Å². The molecule has 1 fully saturated rings. The van der Waals surface area contributed by atoms with Crippen LogP contribution in [0.4, 0.5) is 0 Å². The number of aromatic amines is 1. The fraction of sp³-hybridized carbons (Fsp3) is 0.514. The van der Waals surface area contributed by atoms with E-state index in [0.29, 0.717) is 56.7 Å². The quantitative estimate of drug-likeness (QED) is 0.156. The van der Waals surface area contributed by atoms with Crippen LogP contribution in [-0.2, 0) is 30.3 Å². The molecule has 3 amide bonds. The van der Waals surface area contributed by atoms with Crippen molar-refractivity contribution >= 4 is 34.6 Å². The van der Waals surface area contributed by atoms with Crippen molar-refractivity contribution in [3.8, 4) is 11.5 Å². The van der Waals surface area contributed by atoms with Gasteiger partial charge in [0.2, 0.25) is 24.5 Å². The topological polar surface area (TPSA) is 165 Å². The van der Waals surface area contributed by atoms with E-state index in [1.54, 1.807) is 31.7 Å². The first kappa shape index (κ1) is 35.7. The first-order valence-electron chi connectivity index (χ1n) is 17.2. The number of rotatable bonds is 13. The molecule has 12 heteroatoms. The molecule has 5 N–H and O–H groups in total. The number of para-hydroxylation sites is 1. The standard InChI is InChI=1S/C37H49N5O7/c1-23(27-20-39-28-12-6-5-11-26(27)28)33(35(45)40-29(13-7-8-16-38)36(46)49-37(2,3)4)41-34(44)25-10-9-17-42(21-25)32(43)19-24-14-15-30-31(18-24)48-22-47-30/h5-6,11-12,14-15,18,20,23,25,29,33,39H,7-10,13,16-17,19,21-22,38H2,1-4H3,(H,40,45)(H,41,44)/t23-,25?,29-,33?/m0/s1. The molecule has 3 aromatic rings. The molecule has 4 atom stereocenters. The smallest absolute Gasteiger partial charge is 0.329 e. The summed E-state index contributed by atoms with van der Waals surface area (Å²) in [6.07, 6.45) is 4.91. The molecule has 5 rings (SSSR count). The van der Waals surface area contributed by atoms with Crippen LogP contribution in [0.15, 0.2) is 48.7 Å². The lowest BCUT2D eigenvalue weighted by molar-refractivity contribution is -0.159. The normalized spacial score (nSPS) is 17.7. The molecule has 12 nitrogen and oxygen atoms in total. The lowest BCUT2D eigenvalue weighted by Crippen LogP contribution is -2.56. The number of nitrogens with zero attached hydrogens (tertiary/aromatic N) is 1. The maximum Gasteiger partial charge on any atom is 0.329 e. The van der Waals surface area contributed by atoms with Crippen molar-refractivity contribution in [1.82, 2.24) is 20.5 Å². The number of hydrogen-bond acceptors (Lipinski definition) is 8. The average Bonchev–Trinajstić information content (AvgIpc) is 3.73. The van der Waals surface area contributed by atoms with Crippen LogP contribution in [0.3, 0.4) is 0 Å². The summed E-state index contributed by atoms with van der Waals surface area (Å²) in [5, 5.41) is 6.87.